The van der Waals surface area contributed by atoms with Crippen molar-refractivity contribution in [1.29, 1.82) is 5.26 Å². The van der Waals surface area contributed by atoms with Crippen LogP contribution in [0.5, 0.6) is 5.75 Å². The van der Waals surface area contributed by atoms with E-state index in [1.54, 1.807) is 36.4 Å². The molecule has 2 N–H and O–H groups in total. The number of unbranched alkanes of at least 4 members (excludes halogenated alkanes) is 1. The third-order valence-corrected chi connectivity index (χ3v) is 5.97. The number of ether oxygens (including phenoxy) is 1. The van der Waals surface area contributed by atoms with Gasteiger partial charge in [-0.3, -0.25) is 9.52 Å². The van der Waals surface area contributed by atoms with Crippen molar-refractivity contribution in [2.24, 2.45) is 0 Å². The number of hydrogen-bond acceptors (Lipinski definition) is 5. The summed E-state index contributed by atoms with van der Waals surface area (Å²) in [4.78, 5) is 12.9. The molecule has 3 rings (SSSR count). The van der Waals surface area contributed by atoms with Crippen LogP contribution in [0, 0.1) is 11.3 Å². The third-order valence-electron chi connectivity index (χ3n) is 4.33. The molecule has 0 unspecified atom stereocenters. The molecule has 1 amide bonds. The Hall–Kier alpha value is -3.54. The smallest absolute Gasteiger partial charge is 0.261 e. The summed E-state index contributed by atoms with van der Waals surface area (Å²) < 4.78 is 33.5. The zero-order valence-electron chi connectivity index (χ0n) is 16.9. The van der Waals surface area contributed by atoms with Gasteiger partial charge in [0.25, 0.3) is 15.9 Å². The zero-order valence-corrected chi connectivity index (χ0v) is 18.5. The Morgan fingerprint density at radius 3 is 2.53 bits per heavy atom. The lowest BCUT2D eigenvalue weighted by molar-refractivity contribution is 0.102. The Bertz CT molecular complexity index is 1240. The normalized spacial score (nSPS) is 10.8. The van der Waals surface area contributed by atoms with Crippen molar-refractivity contribution >= 4 is 38.9 Å². The first kappa shape index (κ1) is 23.1. The number of anilines is 2. The fraction of sp³-hybridized carbons (Fsp3) is 0.130. The summed E-state index contributed by atoms with van der Waals surface area (Å²) in [5, 5.41) is 11.7. The summed E-state index contributed by atoms with van der Waals surface area (Å²) >= 11 is 5.83. The number of nitrogens with one attached hydrogen (secondary N) is 2. The summed E-state index contributed by atoms with van der Waals surface area (Å²) in [7, 11) is -3.91. The van der Waals surface area contributed by atoms with Crippen LogP contribution < -0.4 is 14.8 Å². The second-order valence-electron chi connectivity index (χ2n) is 6.70. The predicted octanol–water partition coefficient (Wildman–Crippen LogP) is 5.08. The van der Waals surface area contributed by atoms with Crippen LogP contribution in [-0.2, 0) is 10.0 Å². The fourth-order valence-electron chi connectivity index (χ4n) is 2.79. The van der Waals surface area contributed by atoms with Crippen LogP contribution in [0.1, 0.15) is 23.2 Å². The number of sulfonamides is 1. The molecule has 0 aliphatic rings. The molecule has 164 valence electrons. The van der Waals surface area contributed by atoms with Gasteiger partial charge in [-0.15, -0.1) is 0 Å². The van der Waals surface area contributed by atoms with Gasteiger partial charge in [0.1, 0.15) is 5.75 Å². The zero-order chi connectivity index (χ0) is 23.0. The first-order chi connectivity index (χ1) is 15.4. The molecule has 7 nitrogen and oxygen atoms in total. The lowest BCUT2D eigenvalue weighted by atomic mass is 10.1. The van der Waals surface area contributed by atoms with Crippen LogP contribution in [0.4, 0.5) is 11.4 Å². The molecule has 0 radical (unpaired) electrons. The number of nitriles is 1. The van der Waals surface area contributed by atoms with Crippen LogP contribution in [0.15, 0.2) is 77.7 Å². The van der Waals surface area contributed by atoms with Crippen molar-refractivity contribution in [1.82, 2.24) is 0 Å². The Morgan fingerprint density at radius 1 is 1.03 bits per heavy atom. The molecule has 0 aliphatic carbocycles. The van der Waals surface area contributed by atoms with Gasteiger partial charge in [-0.05, 0) is 55.0 Å². The van der Waals surface area contributed by atoms with Crippen LogP contribution in [-0.4, -0.2) is 20.9 Å². The van der Waals surface area contributed by atoms with E-state index >= 15 is 0 Å². The number of carbonyl (C=O) groups excluding carboxylic acids is 1. The maximum Gasteiger partial charge on any atom is 0.261 e. The predicted molar refractivity (Wildman–Crippen MR) is 123 cm³/mol. The first-order valence-electron chi connectivity index (χ1n) is 9.67. The highest BCUT2D eigenvalue weighted by Gasteiger charge is 2.19. The van der Waals surface area contributed by atoms with Gasteiger partial charge in [0.2, 0.25) is 0 Å². The van der Waals surface area contributed by atoms with Crippen molar-refractivity contribution < 1.29 is 17.9 Å². The summed E-state index contributed by atoms with van der Waals surface area (Å²) in [5.74, 6) is 0.0681. The molecule has 3 aromatic rings. The molecule has 0 bridgehead atoms. The minimum absolute atomic E-state index is 0.0263. The minimum Gasteiger partial charge on any atom is -0.493 e. The molecule has 3 aromatic carbocycles. The summed E-state index contributed by atoms with van der Waals surface area (Å²) in [6.07, 6.45) is 1.01. The second kappa shape index (κ2) is 10.7. The SMILES string of the molecule is N#CCCCOc1cccc(NC(=O)c2ccccc2NS(=O)(=O)c2ccc(Cl)cc2)c1. The van der Waals surface area contributed by atoms with Gasteiger partial charge in [0, 0.05) is 23.2 Å². The topological polar surface area (TPSA) is 108 Å². The highest BCUT2D eigenvalue weighted by molar-refractivity contribution is 7.92. The molecule has 0 heterocycles. The van der Waals surface area contributed by atoms with Crippen LogP contribution >= 0.6 is 11.6 Å². The van der Waals surface area contributed by atoms with Gasteiger partial charge in [-0.25, -0.2) is 8.42 Å². The molecule has 9 heteroatoms. The molecular formula is C23H20ClN3O4S. The van der Waals surface area contributed by atoms with E-state index < -0.39 is 15.9 Å². The summed E-state index contributed by atoms with van der Waals surface area (Å²) in [5.41, 5.74) is 0.789. The van der Waals surface area contributed by atoms with Gasteiger partial charge < -0.3 is 10.1 Å². The van der Waals surface area contributed by atoms with Crippen molar-refractivity contribution in [3.05, 3.63) is 83.4 Å². The number of para-hydroxylation sites is 1. The maximum atomic E-state index is 12.9. The average molecular weight is 470 g/mol. The maximum absolute atomic E-state index is 12.9. The molecule has 0 spiro atoms. The largest absolute Gasteiger partial charge is 0.493 e. The van der Waals surface area contributed by atoms with E-state index in [0.29, 0.717) is 35.9 Å². The molecule has 0 aliphatic heterocycles. The standard InChI is InChI=1S/C23H20ClN3O4S/c24-17-10-12-20(13-11-17)32(29,30)27-22-9-2-1-8-21(22)23(28)26-18-6-5-7-19(16-18)31-15-4-3-14-25/h1-2,5-13,16,27H,3-4,15H2,(H,26,28). The fourth-order valence-corrected chi connectivity index (χ4v) is 4.00. The van der Waals surface area contributed by atoms with Crippen molar-refractivity contribution in [3.8, 4) is 11.8 Å². The number of benzene rings is 3. The highest BCUT2D eigenvalue weighted by atomic mass is 35.5. The average Bonchev–Trinajstić information content (AvgIpc) is 2.77. The van der Waals surface area contributed by atoms with E-state index in [4.69, 9.17) is 21.6 Å². The van der Waals surface area contributed by atoms with Crippen LogP contribution in [0.2, 0.25) is 5.02 Å². The lowest BCUT2D eigenvalue weighted by Gasteiger charge is -2.13. The van der Waals surface area contributed by atoms with Crippen molar-refractivity contribution in [2.75, 3.05) is 16.6 Å². The van der Waals surface area contributed by atoms with Crippen LogP contribution in [0.3, 0.4) is 0 Å². The van der Waals surface area contributed by atoms with E-state index in [1.807, 2.05) is 0 Å². The lowest BCUT2D eigenvalue weighted by Crippen LogP contribution is -2.18. The number of halogens is 1. The number of rotatable bonds is 9. The van der Waals surface area contributed by atoms with E-state index in [1.165, 1.54) is 36.4 Å². The van der Waals surface area contributed by atoms with Gasteiger partial charge in [0.05, 0.1) is 28.8 Å². The quantitative estimate of drug-likeness (QED) is 0.425. The molecule has 0 saturated heterocycles. The number of amides is 1. The molecule has 0 fully saturated rings. The van der Waals surface area contributed by atoms with Crippen molar-refractivity contribution in [3.63, 3.8) is 0 Å². The van der Waals surface area contributed by atoms with Gasteiger partial charge >= 0.3 is 0 Å². The van der Waals surface area contributed by atoms with E-state index in [-0.39, 0.29) is 16.1 Å². The number of carbonyl (C=O) groups is 1. The molecule has 0 atom stereocenters. The van der Waals surface area contributed by atoms with Gasteiger partial charge in [0.15, 0.2) is 0 Å². The second-order valence-corrected chi connectivity index (χ2v) is 8.82. The number of hydrogen-bond donors (Lipinski definition) is 2. The minimum atomic E-state index is -3.91. The van der Waals surface area contributed by atoms with E-state index in [9.17, 15) is 13.2 Å². The van der Waals surface area contributed by atoms with Gasteiger partial charge in [-0.2, -0.15) is 5.26 Å². The van der Waals surface area contributed by atoms with E-state index in [2.05, 4.69) is 16.1 Å². The Morgan fingerprint density at radius 2 is 1.78 bits per heavy atom. The molecule has 0 saturated carbocycles. The highest BCUT2D eigenvalue weighted by Crippen LogP contribution is 2.23. The van der Waals surface area contributed by atoms with Crippen molar-refractivity contribution in [2.45, 2.75) is 17.7 Å². The molecule has 32 heavy (non-hydrogen) atoms. The Labute approximate surface area is 191 Å². The Balaban J connectivity index is 1.75. The van der Waals surface area contributed by atoms with Gasteiger partial charge in [-0.1, -0.05) is 29.8 Å². The monoisotopic (exact) mass is 469 g/mol. The molecule has 0 aromatic heterocycles. The number of nitrogens with zero attached hydrogens (tertiary/aromatic N) is 1. The van der Waals surface area contributed by atoms with Crippen LogP contribution in [0.25, 0.3) is 0 Å². The summed E-state index contributed by atoms with van der Waals surface area (Å²) in [6, 6.07) is 20.9. The summed E-state index contributed by atoms with van der Waals surface area (Å²) in [6.45, 7) is 0.389. The Kier molecular flexibility index (Phi) is 7.71. The van der Waals surface area contributed by atoms with E-state index in [0.717, 1.165) is 0 Å². The third kappa shape index (κ3) is 6.23. The first-order valence-corrected chi connectivity index (χ1v) is 11.5. The molecular weight excluding hydrogens is 450 g/mol.